The normalized spacial score (nSPS) is 11.1. The van der Waals surface area contributed by atoms with Crippen LogP contribution in [0.15, 0.2) is 91.0 Å². The van der Waals surface area contributed by atoms with Crippen LogP contribution < -0.4 is 11.1 Å². The highest BCUT2D eigenvalue weighted by Gasteiger charge is 2.21. The Bertz CT molecular complexity index is 962. The van der Waals surface area contributed by atoms with Crippen LogP contribution in [0, 0.1) is 0 Å². The Morgan fingerprint density at radius 2 is 1.26 bits per heavy atom. The summed E-state index contributed by atoms with van der Waals surface area (Å²) in [6, 6.07) is 28.8. The van der Waals surface area contributed by atoms with E-state index in [-0.39, 0.29) is 24.9 Å². The molecule has 0 radical (unpaired) electrons. The summed E-state index contributed by atoms with van der Waals surface area (Å²) in [7, 11) is 0. The van der Waals surface area contributed by atoms with Crippen LogP contribution in [0.3, 0.4) is 0 Å². The third kappa shape index (κ3) is 10.2. The van der Waals surface area contributed by atoms with E-state index in [1.54, 1.807) is 0 Å². The maximum absolute atomic E-state index is 13.2. The minimum atomic E-state index is -0.586. The molecule has 0 aliphatic heterocycles. The zero-order chi connectivity index (χ0) is 24.0. The Balaban J connectivity index is 0.00000432. The molecule has 0 aromatic heterocycles. The molecular formula is C28H34ClN3O3. The molecule has 0 aliphatic rings. The van der Waals surface area contributed by atoms with Crippen molar-refractivity contribution in [2.45, 2.75) is 45.0 Å². The average Bonchev–Trinajstić information content (AvgIpc) is 2.88. The Morgan fingerprint density at radius 1 is 0.771 bits per heavy atom. The van der Waals surface area contributed by atoms with Crippen LogP contribution in [0.25, 0.3) is 0 Å². The molecule has 0 fully saturated rings. The number of nitrogens with one attached hydrogen (secondary N) is 1. The van der Waals surface area contributed by atoms with Gasteiger partial charge in [0.15, 0.2) is 0 Å². The fourth-order valence-corrected chi connectivity index (χ4v) is 3.63. The lowest BCUT2D eigenvalue weighted by molar-refractivity contribution is -0.134. The van der Waals surface area contributed by atoms with Gasteiger partial charge in [-0.1, -0.05) is 91.0 Å². The van der Waals surface area contributed by atoms with Crippen molar-refractivity contribution in [2.24, 2.45) is 5.73 Å². The topological polar surface area (TPSA) is 84.7 Å². The Hall–Kier alpha value is -3.35. The molecule has 2 amide bonds. The molecule has 7 heteroatoms. The number of hydrogen-bond acceptors (Lipinski definition) is 4. The third-order valence-corrected chi connectivity index (χ3v) is 5.49. The molecule has 186 valence electrons. The number of amides is 2. The van der Waals surface area contributed by atoms with Gasteiger partial charge in [0, 0.05) is 19.6 Å². The summed E-state index contributed by atoms with van der Waals surface area (Å²) >= 11 is 0. The predicted molar refractivity (Wildman–Crippen MR) is 141 cm³/mol. The van der Waals surface area contributed by atoms with E-state index in [0.717, 1.165) is 29.5 Å². The van der Waals surface area contributed by atoms with Gasteiger partial charge >= 0.3 is 6.09 Å². The van der Waals surface area contributed by atoms with Gasteiger partial charge in [0.1, 0.15) is 6.61 Å². The predicted octanol–water partition coefficient (Wildman–Crippen LogP) is 5.06. The number of nitrogens with zero attached hydrogens (tertiary/aromatic N) is 1. The first-order valence-corrected chi connectivity index (χ1v) is 11.7. The molecule has 35 heavy (non-hydrogen) atoms. The molecule has 0 heterocycles. The van der Waals surface area contributed by atoms with Gasteiger partial charge in [-0.2, -0.15) is 0 Å². The van der Waals surface area contributed by atoms with E-state index in [9.17, 15) is 9.59 Å². The van der Waals surface area contributed by atoms with Gasteiger partial charge in [0.05, 0.1) is 6.04 Å². The van der Waals surface area contributed by atoms with E-state index in [1.807, 2.05) is 95.9 Å². The van der Waals surface area contributed by atoms with Crippen LogP contribution in [0.1, 0.15) is 36.0 Å². The fraction of sp³-hybridized carbons (Fsp3) is 0.286. The highest BCUT2D eigenvalue weighted by molar-refractivity contribution is 5.85. The largest absolute Gasteiger partial charge is 0.445 e. The van der Waals surface area contributed by atoms with Crippen molar-refractivity contribution < 1.29 is 14.3 Å². The molecular weight excluding hydrogens is 462 g/mol. The molecule has 0 saturated carbocycles. The maximum atomic E-state index is 13.2. The molecule has 3 aromatic carbocycles. The highest BCUT2D eigenvalue weighted by Crippen LogP contribution is 2.13. The number of carbonyl (C=O) groups is 2. The van der Waals surface area contributed by atoms with Crippen LogP contribution in [0.5, 0.6) is 0 Å². The van der Waals surface area contributed by atoms with E-state index in [4.69, 9.17) is 10.5 Å². The Kier molecular flexibility index (Phi) is 12.4. The second-order valence-electron chi connectivity index (χ2n) is 8.26. The standard InChI is InChI=1S/C28H33N3O3.ClH/c29-26(18-10-11-19-30-28(33)34-22-25-16-8-3-9-17-25)27(32)31(20-23-12-4-1-5-13-23)21-24-14-6-2-7-15-24;/h1-9,12-17,26H,10-11,18-22,29H2,(H,30,33);1H/t26-;/m0./s1. The number of ether oxygens (including phenoxy) is 1. The van der Waals surface area contributed by atoms with Gasteiger partial charge in [-0.3, -0.25) is 4.79 Å². The first-order chi connectivity index (χ1) is 16.6. The van der Waals surface area contributed by atoms with Crippen LogP contribution in [-0.4, -0.2) is 29.5 Å². The first kappa shape index (κ1) is 27.9. The van der Waals surface area contributed by atoms with E-state index in [0.29, 0.717) is 26.1 Å². The summed E-state index contributed by atoms with van der Waals surface area (Å²) < 4.78 is 5.20. The van der Waals surface area contributed by atoms with Crippen molar-refractivity contribution in [3.63, 3.8) is 0 Å². The average molecular weight is 496 g/mol. The molecule has 6 nitrogen and oxygen atoms in total. The van der Waals surface area contributed by atoms with Crippen molar-refractivity contribution in [3.05, 3.63) is 108 Å². The van der Waals surface area contributed by atoms with Gasteiger partial charge in [0.2, 0.25) is 5.91 Å². The molecule has 1 atom stereocenters. The maximum Gasteiger partial charge on any atom is 0.407 e. The van der Waals surface area contributed by atoms with E-state index >= 15 is 0 Å². The Labute approximate surface area is 213 Å². The van der Waals surface area contributed by atoms with Crippen LogP contribution in [0.4, 0.5) is 4.79 Å². The van der Waals surface area contributed by atoms with Crippen LogP contribution in [-0.2, 0) is 29.2 Å². The van der Waals surface area contributed by atoms with Gasteiger partial charge in [0.25, 0.3) is 0 Å². The van der Waals surface area contributed by atoms with Crippen LogP contribution in [0.2, 0.25) is 0 Å². The van der Waals surface area contributed by atoms with Crippen molar-refractivity contribution in [3.8, 4) is 0 Å². The number of rotatable bonds is 12. The van der Waals surface area contributed by atoms with Crippen LogP contribution >= 0.6 is 12.4 Å². The Morgan fingerprint density at radius 3 is 1.77 bits per heavy atom. The fourth-order valence-electron chi connectivity index (χ4n) is 3.63. The summed E-state index contributed by atoms with van der Waals surface area (Å²) in [4.78, 5) is 26.8. The van der Waals surface area contributed by atoms with Gasteiger partial charge in [-0.05, 0) is 36.0 Å². The summed E-state index contributed by atoms with van der Waals surface area (Å²) in [6.45, 7) is 1.74. The number of halogens is 1. The van der Waals surface area contributed by atoms with Gasteiger partial charge in [-0.25, -0.2) is 4.79 Å². The summed E-state index contributed by atoms with van der Waals surface area (Å²) in [5.74, 6) is -0.0667. The molecule has 0 aliphatic carbocycles. The molecule has 0 spiro atoms. The van der Waals surface area contributed by atoms with Gasteiger partial charge in [-0.15, -0.1) is 12.4 Å². The summed E-state index contributed by atoms with van der Waals surface area (Å²) in [5, 5.41) is 2.75. The summed E-state index contributed by atoms with van der Waals surface area (Å²) in [6.07, 6.45) is 1.57. The number of nitrogens with two attached hydrogens (primary N) is 1. The highest BCUT2D eigenvalue weighted by atomic mass is 35.5. The second kappa shape index (κ2) is 15.5. The van der Waals surface area contributed by atoms with Crippen molar-refractivity contribution in [1.82, 2.24) is 10.2 Å². The molecule has 0 bridgehead atoms. The number of carbonyl (C=O) groups excluding carboxylic acids is 2. The third-order valence-electron chi connectivity index (χ3n) is 5.49. The lowest BCUT2D eigenvalue weighted by atomic mass is 10.1. The quantitative estimate of drug-likeness (QED) is 0.344. The lowest BCUT2D eigenvalue weighted by Gasteiger charge is -2.26. The zero-order valence-electron chi connectivity index (χ0n) is 19.8. The smallest absolute Gasteiger partial charge is 0.407 e. The van der Waals surface area contributed by atoms with E-state index in [2.05, 4.69) is 5.32 Å². The molecule has 3 aromatic rings. The molecule has 3 N–H and O–H groups in total. The molecule has 0 saturated heterocycles. The van der Waals surface area contributed by atoms with Crippen molar-refractivity contribution in [2.75, 3.05) is 6.54 Å². The van der Waals surface area contributed by atoms with E-state index in [1.165, 1.54) is 0 Å². The molecule has 0 unspecified atom stereocenters. The zero-order valence-corrected chi connectivity index (χ0v) is 20.7. The number of alkyl carbamates (subject to hydrolysis) is 1. The van der Waals surface area contributed by atoms with E-state index < -0.39 is 12.1 Å². The monoisotopic (exact) mass is 495 g/mol. The SMILES string of the molecule is Cl.N[C@@H](CCCCNC(=O)OCc1ccccc1)C(=O)N(Cc1ccccc1)Cc1ccccc1. The minimum absolute atomic E-state index is 0. The minimum Gasteiger partial charge on any atom is -0.445 e. The second-order valence-corrected chi connectivity index (χ2v) is 8.26. The number of hydrogen-bond donors (Lipinski definition) is 2. The first-order valence-electron chi connectivity index (χ1n) is 11.7. The summed E-state index contributed by atoms with van der Waals surface area (Å²) in [5.41, 5.74) is 9.35. The molecule has 3 rings (SSSR count). The number of unbranched alkanes of at least 4 members (excludes halogenated alkanes) is 1. The van der Waals surface area contributed by atoms with Gasteiger partial charge < -0.3 is 20.7 Å². The lowest BCUT2D eigenvalue weighted by Crippen LogP contribution is -2.43. The van der Waals surface area contributed by atoms with Crippen molar-refractivity contribution in [1.29, 1.82) is 0 Å². The van der Waals surface area contributed by atoms with Crippen molar-refractivity contribution >= 4 is 24.4 Å². The number of benzene rings is 3.